The summed E-state index contributed by atoms with van der Waals surface area (Å²) in [5.41, 5.74) is 0.914. The zero-order valence-electron chi connectivity index (χ0n) is 13.8. The maximum absolute atomic E-state index is 12.4. The number of ether oxygens (including phenoxy) is 1. The zero-order valence-corrected chi connectivity index (χ0v) is 14.6. The molecular formula is C16H13ClN6O3. The summed E-state index contributed by atoms with van der Waals surface area (Å²) in [5, 5.41) is 6.83. The van der Waals surface area contributed by atoms with Crippen LogP contribution < -0.4 is 15.6 Å². The quantitative estimate of drug-likeness (QED) is 0.739. The van der Waals surface area contributed by atoms with Crippen LogP contribution in [0.3, 0.4) is 0 Å². The normalized spacial score (nSPS) is 10.4. The highest BCUT2D eigenvalue weighted by Gasteiger charge is 2.13. The van der Waals surface area contributed by atoms with E-state index in [1.54, 1.807) is 6.07 Å². The number of halogens is 1. The highest BCUT2D eigenvalue weighted by molar-refractivity contribution is 6.32. The number of hydrogen-bond donors (Lipinski definition) is 1. The molecule has 9 nitrogen and oxygen atoms in total. The van der Waals surface area contributed by atoms with Crippen molar-refractivity contribution in [2.75, 3.05) is 12.4 Å². The third-order valence-corrected chi connectivity index (χ3v) is 3.67. The summed E-state index contributed by atoms with van der Waals surface area (Å²) in [4.78, 5) is 35.9. The Hall–Kier alpha value is -3.33. The van der Waals surface area contributed by atoms with E-state index >= 15 is 0 Å². The summed E-state index contributed by atoms with van der Waals surface area (Å²) in [6.45, 7) is 0. The van der Waals surface area contributed by atoms with Crippen LogP contribution in [0.5, 0.6) is 5.88 Å². The van der Waals surface area contributed by atoms with Crippen LogP contribution in [0.2, 0.25) is 5.02 Å². The van der Waals surface area contributed by atoms with Gasteiger partial charge in [0.2, 0.25) is 5.88 Å². The lowest BCUT2D eigenvalue weighted by Gasteiger charge is -2.07. The molecule has 1 amide bonds. The topological polar surface area (TPSA) is 112 Å². The lowest BCUT2D eigenvalue weighted by molar-refractivity contribution is 0.102. The van der Waals surface area contributed by atoms with E-state index in [2.05, 4.69) is 25.4 Å². The monoisotopic (exact) mass is 372 g/mol. The van der Waals surface area contributed by atoms with Gasteiger partial charge in [-0.1, -0.05) is 11.6 Å². The number of rotatable bonds is 4. The van der Waals surface area contributed by atoms with Crippen LogP contribution in [0.25, 0.3) is 11.3 Å². The first kappa shape index (κ1) is 17.5. The molecule has 0 fully saturated rings. The highest BCUT2D eigenvalue weighted by atomic mass is 35.5. The van der Waals surface area contributed by atoms with Crippen LogP contribution in [0.4, 0.5) is 5.82 Å². The maximum atomic E-state index is 12.4. The first-order chi connectivity index (χ1) is 12.5. The number of amides is 1. The number of aromatic nitrogens is 5. The number of carbonyl (C=O) groups is 1. The third-order valence-electron chi connectivity index (χ3n) is 3.40. The van der Waals surface area contributed by atoms with Gasteiger partial charge in [0.25, 0.3) is 11.5 Å². The molecule has 0 aliphatic rings. The second-order valence-corrected chi connectivity index (χ2v) is 5.55. The van der Waals surface area contributed by atoms with Crippen LogP contribution in [-0.2, 0) is 7.05 Å². The largest absolute Gasteiger partial charge is 0.480 e. The van der Waals surface area contributed by atoms with Crippen LogP contribution in [-0.4, -0.2) is 37.7 Å². The molecule has 1 N–H and O–H groups in total. The van der Waals surface area contributed by atoms with Gasteiger partial charge in [-0.05, 0) is 18.2 Å². The molecule has 3 aromatic heterocycles. The molecule has 0 spiro atoms. The van der Waals surface area contributed by atoms with Gasteiger partial charge in [0.15, 0.2) is 5.82 Å². The molecule has 3 rings (SSSR count). The molecule has 132 valence electrons. The molecule has 0 bridgehead atoms. The van der Waals surface area contributed by atoms with E-state index < -0.39 is 5.91 Å². The summed E-state index contributed by atoms with van der Waals surface area (Å²) < 4.78 is 6.13. The molecule has 26 heavy (non-hydrogen) atoms. The van der Waals surface area contributed by atoms with Gasteiger partial charge in [-0.15, -0.1) is 0 Å². The van der Waals surface area contributed by atoms with Gasteiger partial charge >= 0.3 is 0 Å². The van der Waals surface area contributed by atoms with Crippen LogP contribution >= 0.6 is 11.6 Å². The SMILES string of the molecule is COc1ncc(-c2cc(C(=O)Nc3ccc(=O)n(C)n3)ncn2)cc1Cl. The Labute approximate surface area is 152 Å². The van der Waals surface area contributed by atoms with Crippen molar-refractivity contribution in [1.29, 1.82) is 0 Å². The minimum absolute atomic E-state index is 0.123. The van der Waals surface area contributed by atoms with E-state index in [0.29, 0.717) is 22.2 Å². The van der Waals surface area contributed by atoms with Gasteiger partial charge in [0.1, 0.15) is 17.0 Å². The molecule has 0 radical (unpaired) electrons. The van der Waals surface area contributed by atoms with E-state index in [-0.39, 0.29) is 17.1 Å². The van der Waals surface area contributed by atoms with Crippen LogP contribution in [0.1, 0.15) is 10.5 Å². The lowest BCUT2D eigenvalue weighted by Crippen LogP contribution is -2.22. The van der Waals surface area contributed by atoms with E-state index in [9.17, 15) is 9.59 Å². The predicted molar refractivity (Wildman–Crippen MR) is 94.3 cm³/mol. The molecule has 3 aromatic rings. The van der Waals surface area contributed by atoms with Crippen molar-refractivity contribution < 1.29 is 9.53 Å². The standard InChI is InChI=1S/C16H13ClN6O3/c1-23-14(24)4-3-13(22-23)21-15(25)12-6-11(19-8-20-12)9-5-10(17)16(26-2)18-7-9/h3-8H,1-2H3,(H,21,22,25). The Kier molecular flexibility index (Phi) is 4.90. The summed E-state index contributed by atoms with van der Waals surface area (Å²) in [7, 11) is 2.95. The Morgan fingerprint density at radius 2 is 2.04 bits per heavy atom. The van der Waals surface area contributed by atoms with Crippen molar-refractivity contribution >= 4 is 23.3 Å². The Morgan fingerprint density at radius 3 is 2.73 bits per heavy atom. The second-order valence-electron chi connectivity index (χ2n) is 5.14. The zero-order chi connectivity index (χ0) is 18.7. The first-order valence-corrected chi connectivity index (χ1v) is 7.73. The van der Waals surface area contributed by atoms with Gasteiger partial charge < -0.3 is 10.1 Å². The van der Waals surface area contributed by atoms with E-state index in [1.165, 1.54) is 44.9 Å². The number of carbonyl (C=O) groups excluding carboxylic acids is 1. The van der Waals surface area contributed by atoms with Crippen molar-refractivity contribution in [2.24, 2.45) is 7.05 Å². The molecule has 0 saturated carbocycles. The molecule has 3 heterocycles. The number of aryl methyl sites for hydroxylation is 1. The van der Waals surface area contributed by atoms with Crippen LogP contribution in [0, 0.1) is 0 Å². The Bertz CT molecular complexity index is 1040. The van der Waals surface area contributed by atoms with Gasteiger partial charge in [-0.3, -0.25) is 9.59 Å². The number of anilines is 1. The van der Waals surface area contributed by atoms with Gasteiger partial charge in [-0.25, -0.2) is 19.6 Å². The van der Waals surface area contributed by atoms with Crippen molar-refractivity contribution in [1.82, 2.24) is 24.7 Å². The molecule has 0 aliphatic heterocycles. The third kappa shape index (κ3) is 3.67. The molecule has 10 heteroatoms. The summed E-state index contributed by atoms with van der Waals surface area (Å²) in [6.07, 6.45) is 2.79. The molecule has 0 saturated heterocycles. The molecular weight excluding hydrogens is 360 g/mol. The molecule has 0 aliphatic carbocycles. The number of methoxy groups -OCH3 is 1. The lowest BCUT2D eigenvalue weighted by atomic mass is 10.2. The minimum atomic E-state index is -0.493. The molecule has 0 unspecified atom stereocenters. The smallest absolute Gasteiger partial charge is 0.275 e. The highest BCUT2D eigenvalue weighted by Crippen LogP contribution is 2.26. The second kappa shape index (κ2) is 7.28. The number of nitrogens with one attached hydrogen (secondary N) is 1. The van der Waals surface area contributed by atoms with Crippen molar-refractivity contribution in [3.8, 4) is 17.1 Å². The molecule has 0 aromatic carbocycles. The van der Waals surface area contributed by atoms with E-state index in [0.717, 1.165) is 4.68 Å². The fourth-order valence-corrected chi connectivity index (χ4v) is 2.35. The number of hydrogen-bond acceptors (Lipinski definition) is 7. The minimum Gasteiger partial charge on any atom is -0.480 e. The molecule has 0 atom stereocenters. The average Bonchev–Trinajstić information content (AvgIpc) is 2.64. The van der Waals surface area contributed by atoms with Crippen LogP contribution in [0.15, 0.2) is 41.6 Å². The Balaban J connectivity index is 1.86. The van der Waals surface area contributed by atoms with Crippen molar-refractivity contribution in [2.45, 2.75) is 0 Å². The number of nitrogens with zero attached hydrogens (tertiary/aromatic N) is 5. The fraction of sp³-hybridized carbons (Fsp3) is 0.125. The summed E-state index contributed by atoms with van der Waals surface area (Å²) >= 11 is 6.07. The van der Waals surface area contributed by atoms with Gasteiger partial charge in [-0.2, -0.15) is 5.10 Å². The van der Waals surface area contributed by atoms with Gasteiger partial charge in [0, 0.05) is 24.9 Å². The predicted octanol–water partition coefficient (Wildman–Crippen LogP) is 1.55. The Morgan fingerprint density at radius 1 is 1.23 bits per heavy atom. The summed E-state index contributed by atoms with van der Waals surface area (Å²) in [5.74, 6) is 0.0296. The van der Waals surface area contributed by atoms with Gasteiger partial charge in [0.05, 0.1) is 12.8 Å². The first-order valence-electron chi connectivity index (χ1n) is 7.35. The van der Waals surface area contributed by atoms with Crippen molar-refractivity contribution in [3.05, 3.63) is 57.9 Å². The maximum Gasteiger partial charge on any atom is 0.275 e. The van der Waals surface area contributed by atoms with E-state index in [1.807, 2.05) is 0 Å². The van der Waals surface area contributed by atoms with Crippen molar-refractivity contribution in [3.63, 3.8) is 0 Å². The van der Waals surface area contributed by atoms with E-state index in [4.69, 9.17) is 16.3 Å². The number of pyridine rings is 1. The summed E-state index contributed by atoms with van der Waals surface area (Å²) in [6, 6.07) is 5.84. The average molecular weight is 373 g/mol. The fourth-order valence-electron chi connectivity index (χ4n) is 2.10.